The number of ketones is 1. The van der Waals surface area contributed by atoms with E-state index in [2.05, 4.69) is 6.58 Å². The van der Waals surface area contributed by atoms with Gasteiger partial charge in [-0.05, 0) is 48.0 Å². The Bertz CT molecular complexity index is 718. The van der Waals surface area contributed by atoms with Gasteiger partial charge in [-0.2, -0.15) is 0 Å². The van der Waals surface area contributed by atoms with Crippen LogP contribution in [0.25, 0.3) is 6.08 Å². The van der Waals surface area contributed by atoms with Gasteiger partial charge in [-0.1, -0.05) is 24.8 Å². The molecule has 0 radical (unpaired) electrons. The normalized spacial score (nSPS) is 10.5. The number of benzene rings is 2. The third-order valence-corrected chi connectivity index (χ3v) is 3.10. The predicted molar refractivity (Wildman–Crippen MR) is 88.5 cm³/mol. The summed E-state index contributed by atoms with van der Waals surface area (Å²) in [5.74, 6) is 0.610. The third kappa shape index (κ3) is 4.54. The van der Waals surface area contributed by atoms with Crippen LogP contribution in [0.2, 0.25) is 0 Å². The molecule has 0 aromatic heterocycles. The second-order valence-electron chi connectivity index (χ2n) is 4.71. The average molecular weight is 312 g/mol. The van der Waals surface area contributed by atoms with Crippen molar-refractivity contribution in [3.8, 4) is 11.5 Å². The molecule has 0 fully saturated rings. The Hall–Kier alpha value is -2.88. The highest BCUT2D eigenvalue weighted by Crippen LogP contribution is 2.28. The molecule has 0 saturated carbocycles. The minimum absolute atomic E-state index is 0.198. The van der Waals surface area contributed by atoms with Crippen LogP contribution in [0.3, 0.4) is 0 Å². The van der Waals surface area contributed by atoms with E-state index in [-0.39, 0.29) is 11.6 Å². The van der Waals surface area contributed by atoms with E-state index in [1.807, 2.05) is 6.07 Å². The molecular formula is C19H17FO3. The van der Waals surface area contributed by atoms with Gasteiger partial charge in [0.25, 0.3) is 0 Å². The second kappa shape index (κ2) is 7.94. The molecule has 118 valence electrons. The molecular weight excluding hydrogens is 295 g/mol. The van der Waals surface area contributed by atoms with Crippen LogP contribution in [0.15, 0.2) is 61.2 Å². The molecule has 0 amide bonds. The fraction of sp³-hybridized carbons (Fsp3) is 0.105. The van der Waals surface area contributed by atoms with Gasteiger partial charge in [-0.15, -0.1) is 0 Å². The third-order valence-electron chi connectivity index (χ3n) is 3.10. The van der Waals surface area contributed by atoms with E-state index in [0.29, 0.717) is 23.7 Å². The molecule has 2 rings (SSSR count). The van der Waals surface area contributed by atoms with Gasteiger partial charge in [0, 0.05) is 5.56 Å². The molecule has 0 aliphatic rings. The van der Waals surface area contributed by atoms with Crippen molar-refractivity contribution < 1.29 is 18.7 Å². The van der Waals surface area contributed by atoms with E-state index < -0.39 is 0 Å². The Morgan fingerprint density at radius 3 is 2.57 bits per heavy atom. The fourth-order valence-electron chi connectivity index (χ4n) is 1.94. The summed E-state index contributed by atoms with van der Waals surface area (Å²) in [6.07, 6.45) is 4.76. The lowest BCUT2D eigenvalue weighted by Crippen LogP contribution is -1.96. The molecule has 0 aliphatic carbocycles. The van der Waals surface area contributed by atoms with E-state index in [9.17, 15) is 9.18 Å². The van der Waals surface area contributed by atoms with Crippen molar-refractivity contribution in [2.24, 2.45) is 0 Å². The summed E-state index contributed by atoms with van der Waals surface area (Å²) in [5.41, 5.74) is 1.23. The molecule has 0 atom stereocenters. The fourth-order valence-corrected chi connectivity index (χ4v) is 1.94. The highest BCUT2D eigenvalue weighted by atomic mass is 19.1. The first-order chi connectivity index (χ1) is 11.1. The summed E-state index contributed by atoms with van der Waals surface area (Å²) in [4.78, 5) is 12.0. The van der Waals surface area contributed by atoms with Crippen LogP contribution in [0.1, 0.15) is 15.9 Å². The number of methoxy groups -OCH3 is 1. The molecule has 3 nitrogen and oxygen atoms in total. The Labute approximate surface area is 134 Å². The number of carbonyl (C=O) groups excluding carboxylic acids is 1. The molecule has 0 saturated heterocycles. The van der Waals surface area contributed by atoms with E-state index >= 15 is 0 Å². The molecule has 23 heavy (non-hydrogen) atoms. The number of allylic oxidation sites excluding steroid dienone is 1. The zero-order valence-electron chi connectivity index (χ0n) is 12.8. The highest BCUT2D eigenvalue weighted by Gasteiger charge is 2.05. The van der Waals surface area contributed by atoms with Crippen molar-refractivity contribution in [3.63, 3.8) is 0 Å². The molecule has 0 N–H and O–H groups in total. The van der Waals surface area contributed by atoms with Crippen LogP contribution in [0, 0.1) is 5.82 Å². The van der Waals surface area contributed by atoms with Gasteiger partial charge in [0.1, 0.15) is 12.4 Å². The number of rotatable bonds is 7. The maximum absolute atomic E-state index is 12.8. The quantitative estimate of drug-likeness (QED) is 0.434. The standard InChI is InChI=1S/C19H17FO3/c1-3-12-23-18-11-5-14(13-19(18)22-2)4-10-17(21)15-6-8-16(20)9-7-15/h3-11,13H,1,12H2,2H3. The number of hydrogen-bond donors (Lipinski definition) is 0. The van der Waals surface area contributed by atoms with Crippen molar-refractivity contribution in [3.05, 3.63) is 78.1 Å². The number of halogens is 1. The number of carbonyl (C=O) groups is 1. The first-order valence-corrected chi connectivity index (χ1v) is 7.03. The molecule has 2 aromatic rings. The molecule has 0 unspecified atom stereocenters. The summed E-state index contributed by atoms with van der Waals surface area (Å²) in [5, 5.41) is 0. The van der Waals surface area contributed by atoms with E-state index in [4.69, 9.17) is 9.47 Å². The summed E-state index contributed by atoms with van der Waals surface area (Å²) < 4.78 is 23.6. The maximum atomic E-state index is 12.8. The maximum Gasteiger partial charge on any atom is 0.185 e. The van der Waals surface area contributed by atoms with Gasteiger partial charge in [-0.25, -0.2) is 4.39 Å². The van der Waals surface area contributed by atoms with Crippen molar-refractivity contribution in [2.75, 3.05) is 13.7 Å². The second-order valence-corrected chi connectivity index (χ2v) is 4.71. The summed E-state index contributed by atoms with van der Waals surface area (Å²) in [6, 6.07) is 10.8. The van der Waals surface area contributed by atoms with Gasteiger partial charge in [0.15, 0.2) is 17.3 Å². The SMILES string of the molecule is C=CCOc1ccc(C=CC(=O)c2ccc(F)cc2)cc1OC. The van der Waals surface area contributed by atoms with Crippen LogP contribution in [-0.4, -0.2) is 19.5 Å². The highest BCUT2D eigenvalue weighted by molar-refractivity contribution is 6.06. The lowest BCUT2D eigenvalue weighted by atomic mass is 10.1. The summed E-state index contributed by atoms with van der Waals surface area (Å²) >= 11 is 0. The van der Waals surface area contributed by atoms with Crippen LogP contribution in [-0.2, 0) is 0 Å². The zero-order chi connectivity index (χ0) is 16.7. The van der Waals surface area contributed by atoms with E-state index in [1.54, 1.807) is 31.4 Å². The van der Waals surface area contributed by atoms with Crippen LogP contribution < -0.4 is 9.47 Å². The minimum atomic E-state index is -0.370. The molecule has 2 aromatic carbocycles. The summed E-state index contributed by atoms with van der Waals surface area (Å²) in [6.45, 7) is 3.98. The van der Waals surface area contributed by atoms with Gasteiger partial charge in [-0.3, -0.25) is 4.79 Å². The molecule has 0 spiro atoms. The van der Waals surface area contributed by atoms with Crippen LogP contribution >= 0.6 is 0 Å². The van der Waals surface area contributed by atoms with Crippen molar-refractivity contribution in [1.82, 2.24) is 0 Å². The molecule has 0 aliphatic heterocycles. The smallest absolute Gasteiger partial charge is 0.185 e. The lowest BCUT2D eigenvalue weighted by molar-refractivity contribution is 0.104. The van der Waals surface area contributed by atoms with Gasteiger partial charge in [0.2, 0.25) is 0 Å². The molecule has 0 heterocycles. The van der Waals surface area contributed by atoms with Crippen LogP contribution in [0.5, 0.6) is 11.5 Å². The summed E-state index contributed by atoms with van der Waals surface area (Å²) in [7, 11) is 1.55. The Balaban J connectivity index is 2.14. The van der Waals surface area contributed by atoms with E-state index in [1.165, 1.54) is 30.3 Å². The number of hydrogen-bond acceptors (Lipinski definition) is 3. The minimum Gasteiger partial charge on any atom is -0.493 e. The zero-order valence-corrected chi connectivity index (χ0v) is 12.8. The van der Waals surface area contributed by atoms with E-state index in [0.717, 1.165) is 5.56 Å². The van der Waals surface area contributed by atoms with Gasteiger partial charge < -0.3 is 9.47 Å². The van der Waals surface area contributed by atoms with Crippen molar-refractivity contribution in [2.45, 2.75) is 0 Å². The van der Waals surface area contributed by atoms with Gasteiger partial charge in [0.05, 0.1) is 7.11 Å². The first kappa shape index (κ1) is 16.5. The molecule has 0 bridgehead atoms. The van der Waals surface area contributed by atoms with Gasteiger partial charge >= 0.3 is 0 Å². The molecule has 4 heteroatoms. The monoisotopic (exact) mass is 312 g/mol. The Morgan fingerprint density at radius 1 is 1.17 bits per heavy atom. The van der Waals surface area contributed by atoms with Crippen molar-refractivity contribution >= 4 is 11.9 Å². The number of ether oxygens (including phenoxy) is 2. The lowest BCUT2D eigenvalue weighted by Gasteiger charge is -2.09. The topological polar surface area (TPSA) is 35.5 Å². The van der Waals surface area contributed by atoms with Crippen LogP contribution in [0.4, 0.5) is 4.39 Å². The first-order valence-electron chi connectivity index (χ1n) is 7.03. The average Bonchev–Trinajstić information content (AvgIpc) is 2.58. The predicted octanol–water partition coefficient (Wildman–Crippen LogP) is 4.30. The van der Waals surface area contributed by atoms with Crippen molar-refractivity contribution in [1.29, 1.82) is 0 Å². The Kier molecular flexibility index (Phi) is 5.69. The Morgan fingerprint density at radius 2 is 1.91 bits per heavy atom. The largest absolute Gasteiger partial charge is 0.493 e.